The summed E-state index contributed by atoms with van der Waals surface area (Å²) >= 11 is 1.68. The van der Waals surface area contributed by atoms with Gasteiger partial charge in [-0.25, -0.2) is 15.0 Å². The van der Waals surface area contributed by atoms with Gasteiger partial charge in [0.25, 0.3) is 0 Å². The van der Waals surface area contributed by atoms with Crippen LogP contribution in [-0.2, 0) is 5.41 Å². The molecule has 0 spiro atoms. The Kier molecular flexibility index (Phi) is 6.38. The molecule has 7 rings (SSSR count). The normalized spacial score (nSPS) is 13.1. The van der Waals surface area contributed by atoms with Crippen molar-refractivity contribution in [3.8, 4) is 51.5 Å². The summed E-state index contributed by atoms with van der Waals surface area (Å²) in [6, 6.07) is 38.9. The van der Waals surface area contributed by atoms with Gasteiger partial charge in [0.1, 0.15) is 11.8 Å². The van der Waals surface area contributed by atoms with Crippen LogP contribution in [0.15, 0.2) is 125 Å². The van der Waals surface area contributed by atoms with Gasteiger partial charge >= 0.3 is 0 Å². The molecule has 1 aliphatic heterocycles. The second-order valence-corrected chi connectivity index (χ2v) is 11.7. The molecule has 0 fully saturated rings. The van der Waals surface area contributed by atoms with Gasteiger partial charge < -0.3 is 0 Å². The lowest BCUT2D eigenvalue weighted by molar-refractivity contribution is 0.607. The summed E-state index contributed by atoms with van der Waals surface area (Å²) in [7, 11) is 0. The second-order valence-electron chi connectivity index (χ2n) is 10.7. The van der Waals surface area contributed by atoms with E-state index in [1.165, 1.54) is 10.5 Å². The summed E-state index contributed by atoms with van der Waals surface area (Å²) < 4.78 is 0. The number of fused-ring (bicyclic) bond motifs is 2. The van der Waals surface area contributed by atoms with Crippen molar-refractivity contribution in [3.05, 3.63) is 132 Å². The minimum absolute atomic E-state index is 0.270. The summed E-state index contributed by atoms with van der Waals surface area (Å²) in [5, 5.41) is 10.3. The Morgan fingerprint density at radius 2 is 1.33 bits per heavy atom. The molecule has 0 bridgehead atoms. The highest BCUT2D eigenvalue weighted by molar-refractivity contribution is 7.99. The number of rotatable bonds is 4. The van der Waals surface area contributed by atoms with Crippen LogP contribution >= 0.6 is 11.8 Å². The van der Waals surface area contributed by atoms with Crippen LogP contribution < -0.4 is 0 Å². The molecule has 42 heavy (non-hydrogen) atoms. The van der Waals surface area contributed by atoms with Crippen molar-refractivity contribution in [2.45, 2.75) is 29.1 Å². The third-order valence-corrected chi connectivity index (χ3v) is 8.92. The van der Waals surface area contributed by atoms with Crippen molar-refractivity contribution in [2.75, 3.05) is 0 Å². The van der Waals surface area contributed by atoms with Gasteiger partial charge in [0.15, 0.2) is 17.5 Å². The first-order valence-corrected chi connectivity index (χ1v) is 14.5. The van der Waals surface area contributed by atoms with E-state index in [0.29, 0.717) is 28.7 Å². The zero-order chi connectivity index (χ0) is 28.7. The first kappa shape index (κ1) is 25.8. The van der Waals surface area contributed by atoms with E-state index < -0.39 is 0 Å². The van der Waals surface area contributed by atoms with Gasteiger partial charge in [-0.3, -0.25) is 4.98 Å². The summed E-state index contributed by atoms with van der Waals surface area (Å²) in [5.74, 6) is 1.63. The zero-order valence-electron chi connectivity index (χ0n) is 23.1. The molecular formula is C36H25N5S. The Morgan fingerprint density at radius 3 is 2.12 bits per heavy atom. The fourth-order valence-electron chi connectivity index (χ4n) is 5.52. The van der Waals surface area contributed by atoms with Crippen LogP contribution in [0.3, 0.4) is 0 Å². The van der Waals surface area contributed by atoms with Gasteiger partial charge in [-0.1, -0.05) is 104 Å². The van der Waals surface area contributed by atoms with Crippen LogP contribution in [0.5, 0.6) is 0 Å². The predicted octanol–water partition coefficient (Wildman–Crippen LogP) is 8.60. The lowest BCUT2D eigenvalue weighted by Gasteiger charge is -2.35. The Morgan fingerprint density at radius 1 is 0.643 bits per heavy atom. The Bertz CT molecular complexity index is 1940. The minimum atomic E-state index is -0.270. The predicted molar refractivity (Wildman–Crippen MR) is 167 cm³/mol. The summed E-state index contributed by atoms with van der Waals surface area (Å²) in [4.78, 5) is 21.4. The smallest absolute Gasteiger partial charge is 0.182 e. The number of nitrogens with zero attached hydrogens (tertiary/aromatic N) is 5. The van der Waals surface area contributed by atoms with Crippen LogP contribution in [0.1, 0.15) is 30.5 Å². The van der Waals surface area contributed by atoms with E-state index in [0.717, 1.165) is 32.7 Å². The fourth-order valence-corrected chi connectivity index (χ4v) is 6.96. The molecule has 3 heterocycles. The molecule has 0 aliphatic carbocycles. The van der Waals surface area contributed by atoms with E-state index >= 15 is 0 Å². The molecular weight excluding hydrogens is 534 g/mol. The molecule has 0 N–H and O–H groups in total. The third-order valence-electron chi connectivity index (χ3n) is 7.70. The quantitative estimate of drug-likeness (QED) is 0.215. The van der Waals surface area contributed by atoms with Gasteiger partial charge in [-0.2, -0.15) is 5.26 Å². The standard InChI is InChI=1S/C36H25N5S/c1-36(2)28-16-8-9-18-31(28)42-32-25(22-37)20-24(21-29(32)36)26-14-6-7-15-27(26)34-39-33(23-12-4-3-5-13-23)40-35(41-34)30-17-10-11-19-38-30/h3-21H,1-2H3. The SMILES string of the molecule is CC1(C)c2ccccc2Sc2c(C#N)cc(-c3ccccc3-c3nc(-c4ccccc4)nc(-c4ccccn4)n3)cc21. The largest absolute Gasteiger partial charge is 0.253 e. The maximum Gasteiger partial charge on any atom is 0.182 e. The van der Waals surface area contributed by atoms with E-state index in [1.807, 2.05) is 72.8 Å². The molecule has 4 aromatic carbocycles. The van der Waals surface area contributed by atoms with Crippen molar-refractivity contribution in [1.82, 2.24) is 19.9 Å². The molecule has 0 unspecified atom stereocenters. The minimum Gasteiger partial charge on any atom is -0.253 e. The molecule has 1 aliphatic rings. The molecule has 0 amide bonds. The molecule has 2 aromatic heterocycles. The van der Waals surface area contributed by atoms with Crippen molar-refractivity contribution in [1.29, 1.82) is 5.26 Å². The Balaban J connectivity index is 1.43. The molecule has 0 saturated heterocycles. The zero-order valence-corrected chi connectivity index (χ0v) is 23.9. The number of nitriles is 1. The monoisotopic (exact) mass is 559 g/mol. The molecule has 0 saturated carbocycles. The van der Waals surface area contributed by atoms with E-state index in [9.17, 15) is 5.26 Å². The van der Waals surface area contributed by atoms with Crippen molar-refractivity contribution in [2.24, 2.45) is 0 Å². The second kappa shape index (κ2) is 10.4. The van der Waals surface area contributed by atoms with E-state index in [4.69, 9.17) is 15.0 Å². The number of hydrogen-bond acceptors (Lipinski definition) is 6. The van der Waals surface area contributed by atoms with Crippen LogP contribution in [0.25, 0.3) is 45.4 Å². The number of aromatic nitrogens is 4. The molecule has 5 nitrogen and oxygen atoms in total. The van der Waals surface area contributed by atoms with Crippen molar-refractivity contribution in [3.63, 3.8) is 0 Å². The van der Waals surface area contributed by atoms with Gasteiger partial charge in [-0.15, -0.1) is 0 Å². The third kappa shape index (κ3) is 4.45. The molecule has 200 valence electrons. The molecule has 6 aromatic rings. The first-order valence-electron chi connectivity index (χ1n) is 13.7. The van der Waals surface area contributed by atoms with Crippen LogP contribution in [0.2, 0.25) is 0 Å². The lowest BCUT2D eigenvalue weighted by Crippen LogP contribution is -2.24. The van der Waals surface area contributed by atoms with E-state index in [-0.39, 0.29) is 5.41 Å². The number of pyridine rings is 1. The highest BCUT2D eigenvalue weighted by atomic mass is 32.2. The van der Waals surface area contributed by atoms with Gasteiger partial charge in [-0.05, 0) is 52.6 Å². The van der Waals surface area contributed by atoms with Crippen LogP contribution in [0.4, 0.5) is 0 Å². The van der Waals surface area contributed by atoms with E-state index in [2.05, 4.69) is 61.3 Å². The van der Waals surface area contributed by atoms with Crippen LogP contribution in [-0.4, -0.2) is 19.9 Å². The number of hydrogen-bond donors (Lipinski definition) is 0. The maximum absolute atomic E-state index is 10.3. The Hall–Kier alpha value is -5.12. The molecule has 6 heteroatoms. The van der Waals surface area contributed by atoms with Gasteiger partial charge in [0.2, 0.25) is 0 Å². The molecule has 0 radical (unpaired) electrons. The molecule has 0 atom stereocenters. The lowest BCUT2D eigenvalue weighted by atomic mass is 9.76. The summed E-state index contributed by atoms with van der Waals surface area (Å²) in [6.45, 7) is 4.47. The highest BCUT2D eigenvalue weighted by Crippen LogP contribution is 2.51. The topological polar surface area (TPSA) is 75.3 Å². The van der Waals surface area contributed by atoms with Crippen molar-refractivity contribution < 1.29 is 0 Å². The summed E-state index contributed by atoms with van der Waals surface area (Å²) in [6.07, 6.45) is 1.74. The Labute approximate surface area is 249 Å². The summed E-state index contributed by atoms with van der Waals surface area (Å²) in [5.41, 5.74) is 7.14. The highest BCUT2D eigenvalue weighted by Gasteiger charge is 2.35. The first-order chi connectivity index (χ1) is 20.5. The number of benzene rings is 4. The average molecular weight is 560 g/mol. The fraction of sp³-hybridized carbons (Fsp3) is 0.0833. The van der Waals surface area contributed by atoms with Crippen molar-refractivity contribution >= 4 is 11.8 Å². The van der Waals surface area contributed by atoms with Gasteiger partial charge in [0.05, 0.1) is 5.56 Å². The van der Waals surface area contributed by atoms with Gasteiger partial charge in [0, 0.05) is 32.5 Å². The van der Waals surface area contributed by atoms with E-state index in [1.54, 1.807) is 18.0 Å². The van der Waals surface area contributed by atoms with Crippen LogP contribution in [0, 0.1) is 11.3 Å². The maximum atomic E-state index is 10.3. The average Bonchev–Trinajstić information content (AvgIpc) is 3.05.